The molecule has 0 spiro atoms. The zero-order chi connectivity index (χ0) is 21.2. The summed E-state index contributed by atoms with van der Waals surface area (Å²) in [6.07, 6.45) is 0.968. The summed E-state index contributed by atoms with van der Waals surface area (Å²) in [6.45, 7) is 16.2. The summed E-state index contributed by atoms with van der Waals surface area (Å²) in [7, 11) is 0. The Balaban J connectivity index is 2.99. The van der Waals surface area contributed by atoms with Gasteiger partial charge < -0.3 is 14.2 Å². The van der Waals surface area contributed by atoms with Crippen molar-refractivity contribution in [3.8, 4) is 0 Å². The van der Waals surface area contributed by atoms with Gasteiger partial charge in [-0.05, 0) is 81.6 Å². The average Bonchev–Trinajstić information content (AvgIpc) is 2.41. The van der Waals surface area contributed by atoms with Gasteiger partial charge in [-0.3, -0.25) is 14.4 Å². The highest BCUT2D eigenvalue weighted by atomic mass is 16.6. The van der Waals surface area contributed by atoms with E-state index in [-0.39, 0.29) is 17.9 Å². The van der Waals surface area contributed by atoms with Crippen LogP contribution in [0.15, 0.2) is 0 Å². The number of hydrogen-bond donors (Lipinski definition) is 0. The van der Waals surface area contributed by atoms with Crippen molar-refractivity contribution in [1.29, 1.82) is 0 Å². The number of ether oxygens (including phenoxy) is 3. The van der Waals surface area contributed by atoms with Gasteiger partial charge in [-0.1, -0.05) is 0 Å². The Morgan fingerprint density at radius 3 is 0.852 bits per heavy atom. The van der Waals surface area contributed by atoms with Crippen LogP contribution in [0.25, 0.3) is 0 Å². The van der Waals surface area contributed by atoms with Gasteiger partial charge in [0, 0.05) is 0 Å². The van der Waals surface area contributed by atoms with Crippen LogP contribution in [0.2, 0.25) is 0 Å². The molecule has 0 bridgehead atoms. The van der Waals surface area contributed by atoms with Gasteiger partial charge in [-0.25, -0.2) is 0 Å². The van der Waals surface area contributed by atoms with Crippen molar-refractivity contribution in [1.82, 2.24) is 0 Å². The fourth-order valence-corrected chi connectivity index (χ4v) is 3.05. The molecule has 0 aromatic carbocycles. The molecule has 6 nitrogen and oxygen atoms in total. The molecular weight excluding hydrogens is 348 g/mol. The second-order valence-electron chi connectivity index (χ2n) is 10.4. The van der Waals surface area contributed by atoms with Gasteiger partial charge in [0.05, 0.1) is 17.8 Å². The van der Waals surface area contributed by atoms with Crippen LogP contribution in [0.1, 0.15) is 81.6 Å². The largest absolute Gasteiger partial charge is 0.460 e. The first-order chi connectivity index (χ1) is 12.0. The fraction of sp³-hybridized carbons (Fsp3) is 0.857. The molecule has 0 aromatic rings. The molecular formula is C21H36O6. The van der Waals surface area contributed by atoms with Crippen LogP contribution < -0.4 is 0 Å². The van der Waals surface area contributed by atoms with E-state index in [9.17, 15) is 14.4 Å². The van der Waals surface area contributed by atoms with E-state index >= 15 is 0 Å². The first-order valence-electron chi connectivity index (χ1n) is 9.65. The minimum atomic E-state index is -0.628. The van der Waals surface area contributed by atoms with E-state index < -0.39 is 34.6 Å². The molecule has 6 heteroatoms. The second kappa shape index (κ2) is 8.19. The first-order valence-corrected chi connectivity index (χ1v) is 9.65. The van der Waals surface area contributed by atoms with Crippen LogP contribution in [-0.2, 0) is 28.6 Å². The Morgan fingerprint density at radius 2 is 0.704 bits per heavy atom. The van der Waals surface area contributed by atoms with Crippen LogP contribution in [0.3, 0.4) is 0 Å². The SMILES string of the molecule is CC(C)(C)OC(=O)C1CC(C(=O)OC(C)(C)C)CC(C(=O)OC(C)(C)C)C1. The molecule has 0 aliphatic heterocycles. The molecule has 0 aromatic heterocycles. The molecule has 0 heterocycles. The lowest BCUT2D eigenvalue weighted by Gasteiger charge is -2.35. The monoisotopic (exact) mass is 384 g/mol. The maximum Gasteiger partial charge on any atom is 0.309 e. The van der Waals surface area contributed by atoms with Crippen molar-refractivity contribution < 1.29 is 28.6 Å². The Kier molecular flexibility index (Phi) is 7.11. The van der Waals surface area contributed by atoms with Gasteiger partial charge in [-0.15, -0.1) is 0 Å². The number of hydrogen-bond acceptors (Lipinski definition) is 6. The van der Waals surface area contributed by atoms with E-state index in [0.29, 0.717) is 19.3 Å². The molecule has 1 rings (SSSR count). The Bertz CT molecular complexity index is 472. The molecule has 0 saturated heterocycles. The molecule has 0 atom stereocenters. The maximum atomic E-state index is 12.6. The van der Waals surface area contributed by atoms with E-state index in [2.05, 4.69) is 0 Å². The molecule has 1 saturated carbocycles. The Morgan fingerprint density at radius 1 is 0.519 bits per heavy atom. The van der Waals surface area contributed by atoms with Crippen molar-refractivity contribution in [2.45, 2.75) is 98.4 Å². The van der Waals surface area contributed by atoms with Crippen LogP contribution >= 0.6 is 0 Å². The van der Waals surface area contributed by atoms with Gasteiger partial charge in [0.15, 0.2) is 0 Å². The summed E-state index contributed by atoms with van der Waals surface area (Å²) < 4.78 is 16.5. The summed E-state index contributed by atoms with van der Waals surface area (Å²) in [4.78, 5) is 37.8. The van der Waals surface area contributed by atoms with E-state index in [1.54, 1.807) is 62.3 Å². The standard InChI is InChI=1S/C21H36O6/c1-19(2,3)25-16(22)13-10-14(17(23)26-20(4,5)6)12-15(11-13)18(24)27-21(7,8)9/h13-15H,10-12H2,1-9H3. The molecule has 1 aliphatic carbocycles. The topological polar surface area (TPSA) is 78.9 Å². The highest BCUT2D eigenvalue weighted by Gasteiger charge is 2.43. The summed E-state index contributed by atoms with van der Waals surface area (Å²) in [5.74, 6) is -2.76. The summed E-state index contributed by atoms with van der Waals surface area (Å²) in [6, 6.07) is 0. The Hall–Kier alpha value is -1.59. The van der Waals surface area contributed by atoms with E-state index in [0.717, 1.165) is 0 Å². The number of esters is 3. The number of carbonyl (C=O) groups excluding carboxylic acids is 3. The molecule has 27 heavy (non-hydrogen) atoms. The molecule has 1 fully saturated rings. The lowest BCUT2D eigenvalue weighted by atomic mass is 9.75. The summed E-state index contributed by atoms with van der Waals surface area (Å²) in [5.41, 5.74) is -1.88. The predicted octanol–water partition coefficient (Wildman–Crippen LogP) is 4.04. The zero-order valence-electron chi connectivity index (χ0n) is 18.3. The van der Waals surface area contributed by atoms with Gasteiger partial charge in [0.1, 0.15) is 16.8 Å². The van der Waals surface area contributed by atoms with Crippen LogP contribution in [0.5, 0.6) is 0 Å². The quantitative estimate of drug-likeness (QED) is 0.540. The summed E-state index contributed by atoms with van der Waals surface area (Å²) in [5, 5.41) is 0. The predicted molar refractivity (Wildman–Crippen MR) is 102 cm³/mol. The van der Waals surface area contributed by atoms with Crippen LogP contribution in [0.4, 0.5) is 0 Å². The smallest absolute Gasteiger partial charge is 0.309 e. The van der Waals surface area contributed by atoms with Gasteiger partial charge in [-0.2, -0.15) is 0 Å². The molecule has 0 N–H and O–H groups in total. The molecule has 0 unspecified atom stereocenters. The lowest BCUT2D eigenvalue weighted by molar-refractivity contribution is -0.172. The van der Waals surface area contributed by atoms with E-state index in [1.807, 2.05) is 0 Å². The average molecular weight is 385 g/mol. The van der Waals surface area contributed by atoms with Gasteiger partial charge in [0.2, 0.25) is 0 Å². The van der Waals surface area contributed by atoms with E-state index in [1.165, 1.54) is 0 Å². The third-order valence-electron chi connectivity index (χ3n) is 3.93. The minimum absolute atomic E-state index is 0.323. The van der Waals surface area contributed by atoms with Crippen molar-refractivity contribution in [3.63, 3.8) is 0 Å². The lowest BCUT2D eigenvalue weighted by Crippen LogP contribution is -2.41. The van der Waals surface area contributed by atoms with Gasteiger partial charge in [0.25, 0.3) is 0 Å². The fourth-order valence-electron chi connectivity index (χ4n) is 3.05. The highest BCUT2D eigenvalue weighted by Crippen LogP contribution is 2.37. The molecule has 1 aliphatic rings. The number of rotatable bonds is 3. The third kappa shape index (κ3) is 8.76. The second-order valence-corrected chi connectivity index (χ2v) is 10.4. The van der Waals surface area contributed by atoms with E-state index in [4.69, 9.17) is 14.2 Å². The molecule has 156 valence electrons. The van der Waals surface area contributed by atoms with Gasteiger partial charge >= 0.3 is 17.9 Å². The normalized spacial score (nSPS) is 24.1. The molecule has 0 amide bonds. The third-order valence-corrected chi connectivity index (χ3v) is 3.93. The highest BCUT2D eigenvalue weighted by molar-refractivity contribution is 5.80. The maximum absolute atomic E-state index is 12.6. The minimum Gasteiger partial charge on any atom is -0.460 e. The van der Waals surface area contributed by atoms with Crippen molar-refractivity contribution >= 4 is 17.9 Å². The summed E-state index contributed by atoms with van der Waals surface area (Å²) >= 11 is 0. The van der Waals surface area contributed by atoms with Crippen molar-refractivity contribution in [2.75, 3.05) is 0 Å². The van der Waals surface area contributed by atoms with Crippen molar-refractivity contribution in [2.24, 2.45) is 17.8 Å². The first kappa shape index (κ1) is 23.4. The number of carbonyl (C=O) groups is 3. The van der Waals surface area contributed by atoms with Crippen LogP contribution in [-0.4, -0.2) is 34.7 Å². The van der Waals surface area contributed by atoms with Crippen molar-refractivity contribution in [3.05, 3.63) is 0 Å². The van der Waals surface area contributed by atoms with Crippen LogP contribution in [0, 0.1) is 17.8 Å². The molecule has 0 radical (unpaired) electrons. The Labute approximate surface area is 163 Å². The zero-order valence-corrected chi connectivity index (χ0v) is 18.3.